The van der Waals surface area contributed by atoms with E-state index in [9.17, 15) is 19.7 Å². The monoisotopic (exact) mass is 463 g/mol. The van der Waals surface area contributed by atoms with Crippen LogP contribution in [0.1, 0.15) is 27.0 Å². The third kappa shape index (κ3) is 6.84. The summed E-state index contributed by atoms with van der Waals surface area (Å²) in [5, 5.41) is 15.5. The number of hydrazone groups is 1. The molecule has 0 aliphatic carbocycles. The molecule has 1 N–H and O–H groups in total. The number of esters is 1. The molecule has 9 heteroatoms. The van der Waals surface area contributed by atoms with Crippen molar-refractivity contribution in [1.82, 2.24) is 5.43 Å². The second-order valence-corrected chi connectivity index (χ2v) is 7.29. The summed E-state index contributed by atoms with van der Waals surface area (Å²) >= 11 is 5.83. The number of rotatable bonds is 7. The number of non-ortho nitro benzene ring substituents is 1. The minimum Gasteiger partial charge on any atom is -0.423 e. The molecule has 0 saturated heterocycles. The van der Waals surface area contributed by atoms with Gasteiger partial charge in [-0.05, 0) is 48.9 Å². The van der Waals surface area contributed by atoms with Gasteiger partial charge in [-0.15, -0.1) is 0 Å². The summed E-state index contributed by atoms with van der Waals surface area (Å²) in [6.07, 6.45) is 3.93. The van der Waals surface area contributed by atoms with Gasteiger partial charge in [-0.3, -0.25) is 14.9 Å². The number of halogens is 1. The lowest BCUT2D eigenvalue weighted by Gasteiger charge is -2.06. The Morgan fingerprint density at radius 3 is 2.42 bits per heavy atom. The van der Waals surface area contributed by atoms with Gasteiger partial charge in [0, 0.05) is 34.4 Å². The van der Waals surface area contributed by atoms with Gasteiger partial charge in [0.1, 0.15) is 5.75 Å². The molecule has 0 unspecified atom stereocenters. The van der Waals surface area contributed by atoms with E-state index in [2.05, 4.69) is 10.5 Å². The minimum atomic E-state index is -0.697. The standard InChI is InChI=1S/C24H18ClN3O5/c1-16-2-7-18(8-3-16)24(30)27-26-15-19-14-21(28(31)32)11-12-22(19)33-23(29)13-6-17-4-9-20(25)10-5-17/h2-15H,1H3,(H,27,30)/b13-6+,26-15+. The summed E-state index contributed by atoms with van der Waals surface area (Å²) in [6.45, 7) is 1.90. The zero-order chi connectivity index (χ0) is 23.8. The summed E-state index contributed by atoms with van der Waals surface area (Å²) < 4.78 is 5.30. The molecule has 0 saturated carbocycles. The molecule has 3 aromatic rings. The highest BCUT2D eigenvalue weighted by molar-refractivity contribution is 6.30. The zero-order valence-corrected chi connectivity index (χ0v) is 18.2. The quantitative estimate of drug-likeness (QED) is 0.133. The maximum atomic E-state index is 12.2. The van der Waals surface area contributed by atoms with E-state index in [4.69, 9.17) is 16.3 Å². The topological polar surface area (TPSA) is 111 Å². The van der Waals surface area contributed by atoms with Crippen LogP contribution in [0.4, 0.5) is 5.69 Å². The van der Waals surface area contributed by atoms with E-state index in [1.54, 1.807) is 54.6 Å². The molecule has 0 radical (unpaired) electrons. The van der Waals surface area contributed by atoms with Crippen LogP contribution in [0.25, 0.3) is 6.08 Å². The highest BCUT2D eigenvalue weighted by Crippen LogP contribution is 2.23. The van der Waals surface area contributed by atoms with E-state index in [0.717, 1.165) is 11.1 Å². The Morgan fingerprint density at radius 1 is 1.06 bits per heavy atom. The number of carbonyl (C=O) groups excluding carboxylic acids is 2. The molecule has 1 amide bonds. The smallest absolute Gasteiger partial charge is 0.336 e. The van der Waals surface area contributed by atoms with Gasteiger partial charge in [0.2, 0.25) is 0 Å². The Morgan fingerprint density at radius 2 is 1.76 bits per heavy atom. The number of hydrogen-bond donors (Lipinski definition) is 1. The predicted molar refractivity (Wildman–Crippen MR) is 125 cm³/mol. The van der Waals surface area contributed by atoms with Crippen LogP contribution in [0.15, 0.2) is 77.9 Å². The maximum absolute atomic E-state index is 12.2. The zero-order valence-electron chi connectivity index (χ0n) is 17.4. The Kier molecular flexibility index (Phi) is 7.67. The van der Waals surface area contributed by atoms with Crippen LogP contribution in [0.5, 0.6) is 5.75 Å². The van der Waals surface area contributed by atoms with Gasteiger partial charge < -0.3 is 4.74 Å². The van der Waals surface area contributed by atoms with E-state index < -0.39 is 16.8 Å². The number of hydrogen-bond acceptors (Lipinski definition) is 6. The molecule has 33 heavy (non-hydrogen) atoms. The van der Waals surface area contributed by atoms with Crippen LogP contribution in [0.2, 0.25) is 5.02 Å². The summed E-state index contributed by atoms with van der Waals surface area (Å²) in [5.74, 6) is -1.11. The predicted octanol–water partition coefficient (Wildman–Crippen LogP) is 4.94. The van der Waals surface area contributed by atoms with E-state index in [0.29, 0.717) is 10.6 Å². The average Bonchev–Trinajstić information content (AvgIpc) is 2.80. The fraction of sp³-hybridized carbons (Fsp3) is 0.0417. The Bertz CT molecular complexity index is 1240. The van der Waals surface area contributed by atoms with E-state index in [1.807, 2.05) is 6.92 Å². The minimum absolute atomic E-state index is 0.0414. The highest BCUT2D eigenvalue weighted by Gasteiger charge is 2.13. The van der Waals surface area contributed by atoms with Crippen molar-refractivity contribution in [2.45, 2.75) is 6.92 Å². The molecule has 0 aromatic heterocycles. The number of ether oxygens (including phenoxy) is 1. The molecular weight excluding hydrogens is 446 g/mol. The van der Waals surface area contributed by atoms with Crippen molar-refractivity contribution in [3.8, 4) is 5.75 Å². The van der Waals surface area contributed by atoms with Gasteiger partial charge in [-0.2, -0.15) is 5.10 Å². The number of amides is 1. The molecule has 0 heterocycles. The Balaban J connectivity index is 1.74. The number of benzene rings is 3. The number of nitrogens with one attached hydrogen (secondary N) is 1. The van der Waals surface area contributed by atoms with Crippen molar-refractivity contribution in [3.63, 3.8) is 0 Å². The molecule has 0 atom stereocenters. The Hall–Kier alpha value is -4.30. The van der Waals surface area contributed by atoms with Crippen molar-refractivity contribution in [1.29, 1.82) is 0 Å². The molecule has 0 fully saturated rings. The summed E-state index contributed by atoms with van der Waals surface area (Å²) in [7, 11) is 0. The lowest BCUT2D eigenvalue weighted by Crippen LogP contribution is -2.17. The summed E-state index contributed by atoms with van der Waals surface area (Å²) in [4.78, 5) is 35.0. The van der Waals surface area contributed by atoms with Crippen LogP contribution in [0, 0.1) is 17.0 Å². The maximum Gasteiger partial charge on any atom is 0.336 e. The third-order valence-electron chi connectivity index (χ3n) is 4.38. The molecular formula is C24H18ClN3O5. The van der Waals surface area contributed by atoms with Gasteiger partial charge in [0.15, 0.2) is 0 Å². The first-order valence-electron chi connectivity index (χ1n) is 9.66. The van der Waals surface area contributed by atoms with Crippen molar-refractivity contribution in [2.75, 3.05) is 0 Å². The first-order valence-corrected chi connectivity index (χ1v) is 10.0. The Labute approximate surface area is 194 Å². The van der Waals surface area contributed by atoms with Gasteiger partial charge in [-0.1, -0.05) is 41.4 Å². The number of aryl methyl sites for hydroxylation is 1. The SMILES string of the molecule is Cc1ccc(C(=O)N/N=C/c2cc([N+](=O)[O-])ccc2OC(=O)/C=C/c2ccc(Cl)cc2)cc1. The number of carbonyl (C=O) groups is 2. The van der Waals surface area contributed by atoms with Crippen LogP contribution in [-0.4, -0.2) is 23.0 Å². The number of nitrogens with zero attached hydrogens (tertiary/aromatic N) is 2. The molecule has 3 rings (SSSR count). The van der Waals surface area contributed by atoms with Crippen LogP contribution in [0.3, 0.4) is 0 Å². The van der Waals surface area contributed by atoms with E-state index >= 15 is 0 Å². The van der Waals surface area contributed by atoms with Gasteiger partial charge in [0.25, 0.3) is 11.6 Å². The lowest BCUT2D eigenvalue weighted by atomic mass is 10.1. The molecule has 8 nitrogen and oxygen atoms in total. The number of nitro groups is 1. The second-order valence-electron chi connectivity index (χ2n) is 6.85. The molecule has 3 aromatic carbocycles. The van der Waals surface area contributed by atoms with Gasteiger partial charge in [0.05, 0.1) is 11.1 Å². The van der Waals surface area contributed by atoms with E-state index in [-0.39, 0.29) is 17.0 Å². The summed E-state index contributed by atoms with van der Waals surface area (Å²) in [5.41, 5.74) is 4.40. The van der Waals surface area contributed by atoms with Crippen molar-refractivity contribution in [3.05, 3.63) is 110 Å². The fourth-order valence-corrected chi connectivity index (χ4v) is 2.78. The second kappa shape index (κ2) is 10.8. The largest absolute Gasteiger partial charge is 0.423 e. The van der Waals surface area contributed by atoms with Crippen molar-refractivity contribution >= 4 is 41.5 Å². The molecule has 0 bridgehead atoms. The average molecular weight is 464 g/mol. The van der Waals surface area contributed by atoms with Crippen molar-refractivity contribution < 1.29 is 19.2 Å². The third-order valence-corrected chi connectivity index (χ3v) is 4.63. The van der Waals surface area contributed by atoms with Crippen LogP contribution >= 0.6 is 11.6 Å². The highest BCUT2D eigenvalue weighted by atomic mass is 35.5. The lowest BCUT2D eigenvalue weighted by molar-refractivity contribution is -0.384. The molecule has 0 aliphatic rings. The molecule has 166 valence electrons. The molecule has 0 spiro atoms. The fourth-order valence-electron chi connectivity index (χ4n) is 2.65. The van der Waals surface area contributed by atoms with Gasteiger partial charge >= 0.3 is 5.97 Å². The summed E-state index contributed by atoms with van der Waals surface area (Å²) in [6, 6.07) is 17.4. The van der Waals surface area contributed by atoms with Crippen molar-refractivity contribution in [2.24, 2.45) is 5.10 Å². The first kappa shape index (κ1) is 23.4. The number of nitro benzene ring substituents is 1. The van der Waals surface area contributed by atoms with Gasteiger partial charge in [-0.25, -0.2) is 10.2 Å². The van der Waals surface area contributed by atoms with Crippen LogP contribution < -0.4 is 10.2 Å². The van der Waals surface area contributed by atoms with E-state index in [1.165, 1.54) is 30.5 Å². The van der Waals surface area contributed by atoms with Crippen LogP contribution in [-0.2, 0) is 4.79 Å². The molecule has 0 aliphatic heterocycles. The normalized spacial score (nSPS) is 11.0. The first-order chi connectivity index (χ1) is 15.8.